The molecule has 0 fully saturated rings. The normalized spacial score (nSPS) is 16.9. The lowest BCUT2D eigenvalue weighted by atomic mass is 10.0. The number of anilines is 1. The van der Waals surface area contributed by atoms with Crippen molar-refractivity contribution in [1.29, 1.82) is 0 Å². The largest absolute Gasteiger partial charge is 0.459 e. The van der Waals surface area contributed by atoms with Crippen molar-refractivity contribution in [2.75, 3.05) is 45.3 Å². The second-order valence-corrected chi connectivity index (χ2v) is 7.92. The van der Waals surface area contributed by atoms with Crippen molar-refractivity contribution in [3.8, 4) is 0 Å². The maximum atomic E-state index is 13.0. The van der Waals surface area contributed by atoms with Gasteiger partial charge in [-0.1, -0.05) is 0 Å². The summed E-state index contributed by atoms with van der Waals surface area (Å²) in [7, 11) is 3.22. The average molecular weight is 403 g/mol. The summed E-state index contributed by atoms with van der Waals surface area (Å²) in [5.74, 6) is -0.148. The van der Waals surface area contributed by atoms with Gasteiger partial charge in [-0.25, -0.2) is 0 Å². The molecular weight excluding hydrogens is 382 g/mol. The Morgan fingerprint density at radius 3 is 2.86 bits per heavy atom. The van der Waals surface area contributed by atoms with Gasteiger partial charge in [-0.15, -0.1) is 11.3 Å². The van der Waals surface area contributed by atoms with Crippen LogP contribution in [0.5, 0.6) is 0 Å². The van der Waals surface area contributed by atoms with Crippen LogP contribution in [-0.2, 0) is 22.5 Å². The molecule has 4 heterocycles. The van der Waals surface area contributed by atoms with Gasteiger partial charge in [0, 0.05) is 25.6 Å². The zero-order chi connectivity index (χ0) is 19.8. The predicted octanol–water partition coefficient (Wildman–Crippen LogP) is 1.60. The zero-order valence-electron chi connectivity index (χ0n) is 15.8. The van der Waals surface area contributed by atoms with Crippen LogP contribution < -0.4 is 4.90 Å². The molecule has 8 nitrogen and oxygen atoms in total. The first kappa shape index (κ1) is 18.7. The van der Waals surface area contributed by atoms with Crippen molar-refractivity contribution >= 4 is 34.1 Å². The molecule has 2 aromatic heterocycles. The number of furan rings is 1. The van der Waals surface area contributed by atoms with E-state index in [4.69, 9.17) is 9.15 Å². The molecule has 0 spiro atoms. The minimum absolute atomic E-state index is 0.0435. The molecule has 148 valence electrons. The molecule has 4 rings (SSSR count). The summed E-state index contributed by atoms with van der Waals surface area (Å²) in [5, 5.41) is 0.661. The molecule has 9 heteroatoms. The van der Waals surface area contributed by atoms with E-state index in [2.05, 4.69) is 0 Å². The molecule has 2 aliphatic rings. The lowest BCUT2D eigenvalue weighted by Crippen LogP contribution is -2.39. The first-order valence-electron chi connectivity index (χ1n) is 9.03. The maximum Gasteiger partial charge on any atom is 0.289 e. The number of hydrogen-bond donors (Lipinski definition) is 0. The predicted molar refractivity (Wildman–Crippen MR) is 103 cm³/mol. The number of rotatable bonds is 4. The third-order valence-electron chi connectivity index (χ3n) is 5.06. The van der Waals surface area contributed by atoms with Gasteiger partial charge in [-0.2, -0.15) is 0 Å². The van der Waals surface area contributed by atoms with Gasteiger partial charge >= 0.3 is 0 Å². The number of thiophene rings is 1. The van der Waals surface area contributed by atoms with Gasteiger partial charge in [0.2, 0.25) is 5.91 Å². The van der Waals surface area contributed by atoms with Crippen molar-refractivity contribution < 1.29 is 23.5 Å². The van der Waals surface area contributed by atoms with Gasteiger partial charge in [0.1, 0.15) is 11.5 Å². The SMILES string of the molecule is COCCN1C(=O)CN(C)C(=O)c2c1sc1c2CCN(C(=O)c2ccco2)C1. The molecule has 28 heavy (non-hydrogen) atoms. The Bertz CT molecular complexity index is 920. The minimum Gasteiger partial charge on any atom is -0.459 e. The van der Waals surface area contributed by atoms with Crippen molar-refractivity contribution in [1.82, 2.24) is 9.80 Å². The molecule has 0 saturated heterocycles. The molecular formula is C19H21N3O5S. The molecule has 3 amide bonds. The van der Waals surface area contributed by atoms with Gasteiger partial charge in [-0.3, -0.25) is 19.3 Å². The highest BCUT2D eigenvalue weighted by Crippen LogP contribution is 2.41. The van der Waals surface area contributed by atoms with Crippen molar-refractivity contribution in [2.45, 2.75) is 13.0 Å². The van der Waals surface area contributed by atoms with Crippen LogP contribution in [0.3, 0.4) is 0 Å². The van der Waals surface area contributed by atoms with E-state index in [1.165, 1.54) is 22.5 Å². The quantitative estimate of drug-likeness (QED) is 0.775. The Morgan fingerprint density at radius 1 is 1.32 bits per heavy atom. The van der Waals surface area contributed by atoms with E-state index in [1.807, 2.05) is 0 Å². The first-order valence-corrected chi connectivity index (χ1v) is 9.85. The summed E-state index contributed by atoms with van der Waals surface area (Å²) in [6.45, 7) is 1.71. The van der Waals surface area contributed by atoms with Crippen molar-refractivity contribution in [2.24, 2.45) is 0 Å². The molecule has 0 N–H and O–H groups in total. The Labute approximate surface area is 166 Å². The zero-order valence-corrected chi connectivity index (χ0v) is 16.6. The average Bonchev–Trinajstić information content (AvgIpc) is 3.32. The lowest BCUT2D eigenvalue weighted by Gasteiger charge is -2.26. The highest BCUT2D eigenvalue weighted by Gasteiger charge is 2.37. The van der Waals surface area contributed by atoms with E-state index in [0.717, 1.165) is 10.4 Å². The van der Waals surface area contributed by atoms with Gasteiger partial charge < -0.3 is 19.0 Å². The standard InChI is InChI=1S/C19H21N3O5S/c1-20-11-15(23)22(7-9-26-2)19-16(18(20)25)12-5-6-21(10-14(12)28-19)17(24)13-4-3-8-27-13/h3-4,8H,5-7,9-11H2,1-2H3. The highest BCUT2D eigenvalue weighted by atomic mass is 32.1. The van der Waals surface area contributed by atoms with E-state index in [1.54, 1.807) is 36.1 Å². The number of carbonyl (C=O) groups excluding carboxylic acids is 3. The number of ether oxygens (including phenoxy) is 1. The Morgan fingerprint density at radius 2 is 2.14 bits per heavy atom. The number of nitrogens with zero attached hydrogens (tertiary/aromatic N) is 3. The topological polar surface area (TPSA) is 83.3 Å². The van der Waals surface area contributed by atoms with E-state index >= 15 is 0 Å². The fraction of sp³-hybridized carbons (Fsp3) is 0.421. The minimum atomic E-state index is -0.171. The third-order valence-corrected chi connectivity index (χ3v) is 6.30. The molecule has 0 radical (unpaired) electrons. The van der Waals surface area contributed by atoms with Crippen LogP contribution in [0.1, 0.15) is 31.4 Å². The van der Waals surface area contributed by atoms with Crippen LogP contribution in [0, 0.1) is 0 Å². The second-order valence-electron chi connectivity index (χ2n) is 6.84. The fourth-order valence-electron chi connectivity index (χ4n) is 3.60. The highest BCUT2D eigenvalue weighted by molar-refractivity contribution is 7.17. The smallest absolute Gasteiger partial charge is 0.289 e. The van der Waals surface area contributed by atoms with E-state index in [9.17, 15) is 14.4 Å². The summed E-state index contributed by atoms with van der Waals surface area (Å²) in [5.41, 5.74) is 1.53. The summed E-state index contributed by atoms with van der Waals surface area (Å²) >= 11 is 1.42. The summed E-state index contributed by atoms with van der Waals surface area (Å²) < 4.78 is 10.4. The summed E-state index contributed by atoms with van der Waals surface area (Å²) in [6, 6.07) is 3.33. The molecule has 2 aromatic rings. The van der Waals surface area contributed by atoms with Gasteiger partial charge in [-0.05, 0) is 24.1 Å². The monoisotopic (exact) mass is 403 g/mol. The van der Waals surface area contributed by atoms with Gasteiger partial charge in [0.25, 0.3) is 11.8 Å². The lowest BCUT2D eigenvalue weighted by molar-refractivity contribution is -0.119. The second kappa shape index (κ2) is 7.40. The van der Waals surface area contributed by atoms with Crippen LogP contribution in [0.2, 0.25) is 0 Å². The molecule has 0 bridgehead atoms. The van der Waals surface area contributed by atoms with Crippen LogP contribution in [0.15, 0.2) is 22.8 Å². The van der Waals surface area contributed by atoms with Crippen LogP contribution in [-0.4, -0.2) is 67.9 Å². The summed E-state index contributed by atoms with van der Waals surface area (Å²) in [4.78, 5) is 44.0. The molecule has 0 atom stereocenters. The maximum absolute atomic E-state index is 13.0. The number of hydrogen-bond acceptors (Lipinski definition) is 6. The Hall–Kier alpha value is -2.65. The number of likely N-dealkylation sites (N-methyl/N-ethyl adjacent to an activating group) is 1. The molecule has 0 aliphatic carbocycles. The number of amides is 3. The van der Waals surface area contributed by atoms with E-state index in [-0.39, 0.29) is 24.3 Å². The fourth-order valence-corrected chi connectivity index (χ4v) is 5.00. The Kier molecular flexibility index (Phi) is 4.94. The number of fused-ring (bicyclic) bond motifs is 3. The van der Waals surface area contributed by atoms with Crippen LogP contribution >= 0.6 is 11.3 Å². The van der Waals surface area contributed by atoms with Crippen LogP contribution in [0.4, 0.5) is 5.00 Å². The van der Waals surface area contributed by atoms with Crippen molar-refractivity contribution in [3.63, 3.8) is 0 Å². The summed E-state index contributed by atoms with van der Waals surface area (Å²) in [6.07, 6.45) is 2.04. The molecule has 0 saturated carbocycles. The van der Waals surface area contributed by atoms with E-state index in [0.29, 0.717) is 49.0 Å². The van der Waals surface area contributed by atoms with E-state index < -0.39 is 0 Å². The third kappa shape index (κ3) is 3.10. The number of methoxy groups -OCH3 is 1. The van der Waals surface area contributed by atoms with Crippen LogP contribution in [0.25, 0.3) is 0 Å². The Balaban J connectivity index is 1.70. The molecule has 0 unspecified atom stereocenters. The van der Waals surface area contributed by atoms with Gasteiger partial charge in [0.05, 0.1) is 31.5 Å². The number of carbonyl (C=O) groups is 3. The molecule has 2 aliphatic heterocycles. The van der Waals surface area contributed by atoms with Gasteiger partial charge in [0.15, 0.2) is 5.76 Å². The molecule has 0 aromatic carbocycles. The first-order chi connectivity index (χ1) is 13.5. The van der Waals surface area contributed by atoms with Crippen molar-refractivity contribution in [3.05, 3.63) is 40.2 Å².